The first-order valence-corrected chi connectivity index (χ1v) is 9.39. The molecule has 0 saturated carbocycles. The fourth-order valence-corrected chi connectivity index (χ4v) is 4.34. The minimum atomic E-state index is 0.0677. The minimum Gasteiger partial charge on any atom is -0.384 e. The number of carbonyl (C=O) groups is 1. The highest BCUT2D eigenvalue weighted by Gasteiger charge is 2.51. The lowest BCUT2D eigenvalue weighted by Crippen LogP contribution is -2.60. The van der Waals surface area contributed by atoms with Crippen LogP contribution in [0.25, 0.3) is 22.2 Å². The fourth-order valence-electron chi connectivity index (χ4n) is 4.34. The Morgan fingerprint density at radius 2 is 2.11 bits per heavy atom. The third-order valence-corrected chi connectivity index (χ3v) is 5.87. The predicted octanol–water partition coefficient (Wildman–Crippen LogP) is 2.62. The molecule has 1 amide bonds. The predicted molar refractivity (Wildman–Crippen MR) is 102 cm³/mol. The van der Waals surface area contributed by atoms with E-state index in [0.29, 0.717) is 13.0 Å². The second-order valence-electron chi connectivity index (χ2n) is 7.58. The van der Waals surface area contributed by atoms with Crippen molar-refractivity contribution >= 4 is 16.8 Å². The quantitative estimate of drug-likeness (QED) is 0.716. The second-order valence-corrected chi connectivity index (χ2v) is 7.58. The highest BCUT2D eigenvalue weighted by molar-refractivity contribution is 5.83. The number of amides is 1. The molecule has 2 aliphatic rings. The van der Waals surface area contributed by atoms with Gasteiger partial charge in [0.25, 0.3) is 0 Å². The number of hydrogen-bond acceptors (Lipinski definition) is 4. The zero-order valence-corrected chi connectivity index (χ0v) is 15.4. The number of pyridine rings is 1. The molecule has 27 heavy (non-hydrogen) atoms. The van der Waals surface area contributed by atoms with Crippen LogP contribution in [0.3, 0.4) is 0 Å². The molecule has 0 bridgehead atoms. The lowest BCUT2D eigenvalue weighted by Gasteiger charge is -2.47. The van der Waals surface area contributed by atoms with Crippen LogP contribution in [0.1, 0.15) is 18.5 Å². The van der Waals surface area contributed by atoms with Crippen molar-refractivity contribution in [3.63, 3.8) is 0 Å². The van der Waals surface area contributed by atoms with Gasteiger partial charge in [0.15, 0.2) is 0 Å². The molecule has 6 heteroatoms. The van der Waals surface area contributed by atoms with E-state index in [1.807, 2.05) is 29.3 Å². The topological polar surface area (TPSA) is 60.2 Å². The summed E-state index contributed by atoms with van der Waals surface area (Å²) in [5.41, 5.74) is 4.32. The average molecular weight is 362 g/mol. The number of rotatable bonds is 4. The van der Waals surface area contributed by atoms with Crippen LogP contribution in [0.2, 0.25) is 0 Å². The molecule has 0 unspecified atom stereocenters. The maximum atomic E-state index is 12.2. The van der Waals surface area contributed by atoms with Gasteiger partial charge in [-0.05, 0) is 24.6 Å². The molecule has 5 rings (SSSR count). The van der Waals surface area contributed by atoms with Gasteiger partial charge in [0.2, 0.25) is 5.91 Å². The first kappa shape index (κ1) is 16.4. The van der Waals surface area contributed by atoms with Gasteiger partial charge in [0.05, 0.1) is 24.2 Å². The third kappa shape index (κ3) is 2.63. The van der Waals surface area contributed by atoms with E-state index in [-0.39, 0.29) is 11.3 Å². The zero-order valence-electron chi connectivity index (χ0n) is 15.4. The van der Waals surface area contributed by atoms with Crippen molar-refractivity contribution in [2.45, 2.75) is 24.8 Å². The van der Waals surface area contributed by atoms with E-state index < -0.39 is 0 Å². The number of fused-ring (bicyclic) bond motifs is 3. The summed E-state index contributed by atoms with van der Waals surface area (Å²) in [5.74, 6) is 0.180. The highest BCUT2D eigenvalue weighted by atomic mass is 16.5. The molecule has 0 aliphatic carbocycles. The molecule has 4 heterocycles. The first-order chi connectivity index (χ1) is 13.2. The van der Waals surface area contributed by atoms with Gasteiger partial charge in [-0.3, -0.25) is 14.5 Å². The van der Waals surface area contributed by atoms with Gasteiger partial charge in [-0.1, -0.05) is 18.2 Å². The Kier molecular flexibility index (Phi) is 3.75. The van der Waals surface area contributed by atoms with Gasteiger partial charge >= 0.3 is 0 Å². The Bertz CT molecular complexity index is 1020. The van der Waals surface area contributed by atoms with Crippen LogP contribution in [0.4, 0.5) is 0 Å². The summed E-state index contributed by atoms with van der Waals surface area (Å²) in [5, 5.41) is 5.94. The molecule has 0 atom stereocenters. The van der Waals surface area contributed by atoms with E-state index in [9.17, 15) is 4.79 Å². The van der Waals surface area contributed by atoms with Gasteiger partial charge in [-0.2, -0.15) is 5.10 Å². The normalized spacial score (nSPS) is 17.3. The maximum absolute atomic E-state index is 12.2. The van der Waals surface area contributed by atoms with Crippen LogP contribution in [0.15, 0.2) is 42.6 Å². The summed E-state index contributed by atoms with van der Waals surface area (Å²) in [6.45, 7) is 2.98. The van der Waals surface area contributed by atoms with Gasteiger partial charge in [-0.25, -0.2) is 0 Å². The Hall–Kier alpha value is -2.73. The van der Waals surface area contributed by atoms with Crippen LogP contribution in [-0.2, 0) is 21.5 Å². The van der Waals surface area contributed by atoms with E-state index in [4.69, 9.17) is 9.84 Å². The van der Waals surface area contributed by atoms with Gasteiger partial charge < -0.3 is 9.64 Å². The Labute approximate surface area is 157 Å². The number of aryl methyl sites for hydroxylation is 1. The summed E-state index contributed by atoms with van der Waals surface area (Å²) in [6.07, 6.45) is 3.41. The van der Waals surface area contributed by atoms with Crippen LogP contribution in [0.5, 0.6) is 0 Å². The summed E-state index contributed by atoms with van der Waals surface area (Å²) in [4.78, 5) is 18.7. The van der Waals surface area contributed by atoms with Crippen molar-refractivity contribution in [1.82, 2.24) is 19.7 Å². The molecule has 138 valence electrons. The van der Waals surface area contributed by atoms with Crippen molar-refractivity contribution in [3.8, 4) is 11.3 Å². The van der Waals surface area contributed by atoms with Crippen molar-refractivity contribution in [3.05, 3.63) is 48.3 Å². The molecule has 3 aromatic rings. The number of carbonyl (C=O) groups excluding carboxylic acids is 1. The lowest BCUT2D eigenvalue weighted by molar-refractivity contribution is -0.140. The fraction of sp³-hybridized carbons (Fsp3) is 0.381. The number of aromatic nitrogens is 3. The van der Waals surface area contributed by atoms with Crippen LogP contribution < -0.4 is 0 Å². The monoisotopic (exact) mass is 362 g/mol. The second kappa shape index (κ2) is 6.16. The molecule has 0 N–H and O–H groups in total. The number of para-hydroxylation sites is 1. The smallest absolute Gasteiger partial charge is 0.224 e. The van der Waals surface area contributed by atoms with E-state index in [0.717, 1.165) is 48.2 Å². The van der Waals surface area contributed by atoms with Crippen LogP contribution in [0, 0.1) is 0 Å². The van der Waals surface area contributed by atoms with Crippen molar-refractivity contribution in [2.24, 2.45) is 0 Å². The molecule has 2 aliphatic heterocycles. The lowest BCUT2D eigenvalue weighted by atomic mass is 9.75. The van der Waals surface area contributed by atoms with E-state index in [1.165, 1.54) is 5.69 Å². The third-order valence-electron chi connectivity index (χ3n) is 5.87. The molecular formula is C21H22N4O2. The Morgan fingerprint density at radius 1 is 1.26 bits per heavy atom. The molecule has 1 spiro atoms. The molecule has 1 saturated heterocycles. The Morgan fingerprint density at radius 3 is 2.96 bits per heavy atom. The number of hydrogen-bond donors (Lipinski definition) is 0. The number of benzene rings is 1. The van der Waals surface area contributed by atoms with Gasteiger partial charge in [-0.15, -0.1) is 0 Å². The summed E-state index contributed by atoms with van der Waals surface area (Å²) in [6, 6.07) is 12.5. The van der Waals surface area contributed by atoms with Crippen LogP contribution >= 0.6 is 0 Å². The molecular weight excluding hydrogens is 340 g/mol. The number of methoxy groups -OCH3 is 1. The molecule has 2 aromatic heterocycles. The maximum Gasteiger partial charge on any atom is 0.224 e. The van der Waals surface area contributed by atoms with E-state index in [2.05, 4.69) is 27.9 Å². The average Bonchev–Trinajstić information content (AvgIpc) is 3.23. The van der Waals surface area contributed by atoms with Crippen molar-refractivity contribution in [2.75, 3.05) is 26.8 Å². The SMILES string of the molecule is COCCC(=O)N1CC2(CCn3nc(-c4cnc5ccccc5c4)cc32)C1. The van der Waals surface area contributed by atoms with Crippen molar-refractivity contribution < 1.29 is 9.53 Å². The highest BCUT2D eigenvalue weighted by Crippen LogP contribution is 2.44. The summed E-state index contributed by atoms with van der Waals surface area (Å²) >= 11 is 0. The zero-order chi connectivity index (χ0) is 18.4. The molecule has 1 fully saturated rings. The first-order valence-electron chi connectivity index (χ1n) is 9.39. The van der Waals surface area contributed by atoms with Gasteiger partial charge in [0, 0.05) is 55.0 Å². The van der Waals surface area contributed by atoms with Gasteiger partial charge in [0.1, 0.15) is 0 Å². The largest absolute Gasteiger partial charge is 0.384 e. The molecule has 6 nitrogen and oxygen atoms in total. The standard InChI is InChI=1S/C21H22N4O2/c1-27-9-6-20(26)24-13-21(14-24)7-8-25-19(21)11-18(23-25)16-10-15-4-2-3-5-17(15)22-12-16/h2-5,10-12H,6-9,13-14H2,1H3. The number of nitrogens with zero attached hydrogens (tertiary/aromatic N) is 4. The molecule has 1 aromatic carbocycles. The Balaban J connectivity index is 1.39. The van der Waals surface area contributed by atoms with Crippen molar-refractivity contribution in [1.29, 1.82) is 0 Å². The molecule has 0 radical (unpaired) electrons. The minimum absolute atomic E-state index is 0.0677. The van der Waals surface area contributed by atoms with Crippen LogP contribution in [-0.4, -0.2) is 52.4 Å². The van der Waals surface area contributed by atoms with E-state index >= 15 is 0 Å². The summed E-state index contributed by atoms with van der Waals surface area (Å²) < 4.78 is 7.13. The number of ether oxygens (including phenoxy) is 1. The summed E-state index contributed by atoms with van der Waals surface area (Å²) in [7, 11) is 1.63. The number of likely N-dealkylation sites (tertiary alicyclic amines) is 1. The van der Waals surface area contributed by atoms with E-state index in [1.54, 1.807) is 7.11 Å².